The second kappa shape index (κ2) is 5.85. The minimum absolute atomic E-state index is 0.176. The van der Waals surface area contributed by atoms with E-state index >= 15 is 0 Å². The Morgan fingerprint density at radius 1 is 1.33 bits per heavy atom. The normalized spacial score (nSPS) is 24.1. The van der Waals surface area contributed by atoms with Crippen molar-refractivity contribution in [3.63, 3.8) is 0 Å². The summed E-state index contributed by atoms with van der Waals surface area (Å²) in [5, 5.41) is 13.2. The standard InChI is InChI=1S/C16H25NO/c1-16(2)10-6-9-15(16)17-14(12-18)11-13-7-4-3-5-8-13/h3-5,7-8,14-15,17-18H,6,9-12H2,1-2H3/t14-,15?/m0/s1. The number of hydrogen-bond acceptors (Lipinski definition) is 2. The van der Waals surface area contributed by atoms with Crippen molar-refractivity contribution in [2.24, 2.45) is 5.41 Å². The Labute approximate surface area is 110 Å². The van der Waals surface area contributed by atoms with E-state index in [4.69, 9.17) is 0 Å². The lowest BCUT2D eigenvalue weighted by molar-refractivity contribution is 0.196. The molecular weight excluding hydrogens is 222 g/mol. The van der Waals surface area contributed by atoms with Crippen molar-refractivity contribution in [1.29, 1.82) is 0 Å². The summed E-state index contributed by atoms with van der Waals surface area (Å²) in [6.07, 6.45) is 4.73. The quantitative estimate of drug-likeness (QED) is 0.838. The summed E-state index contributed by atoms with van der Waals surface area (Å²) in [6.45, 7) is 4.87. The fourth-order valence-corrected chi connectivity index (χ4v) is 3.00. The van der Waals surface area contributed by atoms with Crippen molar-refractivity contribution in [1.82, 2.24) is 5.32 Å². The third-order valence-electron chi connectivity index (χ3n) is 4.24. The van der Waals surface area contributed by atoms with E-state index in [1.165, 1.54) is 24.8 Å². The lowest BCUT2D eigenvalue weighted by atomic mass is 9.86. The average Bonchev–Trinajstić information content (AvgIpc) is 2.69. The van der Waals surface area contributed by atoms with E-state index < -0.39 is 0 Å². The zero-order valence-corrected chi connectivity index (χ0v) is 11.5. The molecule has 2 rings (SSSR count). The van der Waals surface area contributed by atoms with Crippen molar-refractivity contribution >= 4 is 0 Å². The highest BCUT2D eigenvalue weighted by atomic mass is 16.3. The van der Waals surface area contributed by atoms with Crippen molar-refractivity contribution in [2.45, 2.75) is 51.6 Å². The molecule has 0 bridgehead atoms. The number of nitrogens with one attached hydrogen (secondary N) is 1. The first kappa shape index (κ1) is 13.6. The van der Waals surface area contributed by atoms with Crippen LogP contribution in [0.4, 0.5) is 0 Å². The summed E-state index contributed by atoms with van der Waals surface area (Å²) in [6, 6.07) is 11.1. The molecule has 100 valence electrons. The highest BCUT2D eigenvalue weighted by molar-refractivity contribution is 5.16. The van der Waals surface area contributed by atoms with Gasteiger partial charge in [-0.3, -0.25) is 0 Å². The predicted octanol–water partition coefficient (Wildman–Crippen LogP) is 2.76. The molecule has 1 unspecified atom stereocenters. The minimum Gasteiger partial charge on any atom is -0.395 e. The van der Waals surface area contributed by atoms with Gasteiger partial charge in [-0.25, -0.2) is 0 Å². The van der Waals surface area contributed by atoms with Gasteiger partial charge in [-0.15, -0.1) is 0 Å². The van der Waals surface area contributed by atoms with Crippen LogP contribution in [-0.4, -0.2) is 23.8 Å². The van der Waals surface area contributed by atoms with Crippen molar-refractivity contribution < 1.29 is 5.11 Å². The maximum Gasteiger partial charge on any atom is 0.0587 e. The first-order chi connectivity index (χ1) is 8.62. The van der Waals surface area contributed by atoms with Crippen LogP contribution in [0.1, 0.15) is 38.7 Å². The molecule has 1 aliphatic carbocycles. The summed E-state index contributed by atoms with van der Waals surface area (Å²) < 4.78 is 0. The average molecular weight is 247 g/mol. The summed E-state index contributed by atoms with van der Waals surface area (Å²) in [5.41, 5.74) is 1.66. The smallest absolute Gasteiger partial charge is 0.0587 e. The summed E-state index contributed by atoms with van der Waals surface area (Å²) in [4.78, 5) is 0. The van der Waals surface area contributed by atoms with Crippen LogP contribution in [-0.2, 0) is 6.42 Å². The lowest BCUT2D eigenvalue weighted by Gasteiger charge is -2.31. The van der Waals surface area contributed by atoms with E-state index in [2.05, 4.69) is 43.4 Å². The van der Waals surface area contributed by atoms with Crippen LogP contribution >= 0.6 is 0 Å². The van der Waals surface area contributed by atoms with Gasteiger partial charge in [0.25, 0.3) is 0 Å². The fourth-order valence-electron chi connectivity index (χ4n) is 3.00. The number of rotatable bonds is 5. The molecule has 0 saturated heterocycles. The SMILES string of the molecule is CC1(C)CCCC1N[C@H](CO)Cc1ccccc1. The van der Waals surface area contributed by atoms with Gasteiger partial charge in [0, 0.05) is 12.1 Å². The topological polar surface area (TPSA) is 32.3 Å². The number of hydrogen-bond donors (Lipinski definition) is 2. The predicted molar refractivity (Wildman–Crippen MR) is 75.6 cm³/mol. The molecule has 0 aromatic heterocycles. The highest BCUT2D eigenvalue weighted by Gasteiger charge is 2.35. The molecule has 1 aromatic rings. The molecule has 2 heteroatoms. The van der Waals surface area contributed by atoms with E-state index in [9.17, 15) is 5.11 Å². The molecule has 0 heterocycles. The maximum absolute atomic E-state index is 9.56. The van der Waals surface area contributed by atoms with E-state index in [1.807, 2.05) is 6.07 Å². The van der Waals surface area contributed by atoms with Crippen LogP contribution in [0.5, 0.6) is 0 Å². The Kier molecular flexibility index (Phi) is 4.41. The molecule has 0 radical (unpaired) electrons. The van der Waals surface area contributed by atoms with Gasteiger partial charge >= 0.3 is 0 Å². The van der Waals surface area contributed by atoms with Crippen molar-refractivity contribution in [2.75, 3.05) is 6.61 Å². The van der Waals surface area contributed by atoms with E-state index in [0.29, 0.717) is 11.5 Å². The third kappa shape index (κ3) is 3.33. The molecule has 0 aliphatic heterocycles. The number of benzene rings is 1. The second-order valence-electron chi connectivity index (χ2n) is 6.17. The van der Waals surface area contributed by atoms with Crippen LogP contribution in [0.15, 0.2) is 30.3 Å². The Morgan fingerprint density at radius 3 is 2.61 bits per heavy atom. The van der Waals surface area contributed by atoms with Gasteiger partial charge in [-0.2, -0.15) is 0 Å². The number of aliphatic hydroxyl groups is 1. The monoisotopic (exact) mass is 247 g/mol. The van der Waals surface area contributed by atoms with Gasteiger partial charge in [0.1, 0.15) is 0 Å². The largest absolute Gasteiger partial charge is 0.395 e. The van der Waals surface area contributed by atoms with E-state index in [-0.39, 0.29) is 12.6 Å². The Hall–Kier alpha value is -0.860. The Morgan fingerprint density at radius 2 is 2.06 bits per heavy atom. The zero-order valence-electron chi connectivity index (χ0n) is 11.5. The van der Waals surface area contributed by atoms with Crippen LogP contribution in [0.25, 0.3) is 0 Å². The van der Waals surface area contributed by atoms with E-state index in [0.717, 1.165) is 6.42 Å². The molecule has 1 aromatic carbocycles. The summed E-state index contributed by atoms with van der Waals surface area (Å²) in [7, 11) is 0. The van der Waals surface area contributed by atoms with Gasteiger partial charge in [0.2, 0.25) is 0 Å². The molecule has 2 nitrogen and oxygen atoms in total. The summed E-state index contributed by atoms with van der Waals surface area (Å²) in [5.74, 6) is 0. The molecule has 2 atom stereocenters. The minimum atomic E-state index is 0.176. The van der Waals surface area contributed by atoms with Gasteiger partial charge in [-0.1, -0.05) is 50.6 Å². The molecule has 18 heavy (non-hydrogen) atoms. The van der Waals surface area contributed by atoms with Crippen molar-refractivity contribution in [3.8, 4) is 0 Å². The van der Waals surface area contributed by atoms with Crippen LogP contribution in [0.2, 0.25) is 0 Å². The van der Waals surface area contributed by atoms with Gasteiger partial charge < -0.3 is 10.4 Å². The second-order valence-corrected chi connectivity index (χ2v) is 6.17. The van der Waals surface area contributed by atoms with E-state index in [1.54, 1.807) is 0 Å². The summed E-state index contributed by atoms with van der Waals surface area (Å²) >= 11 is 0. The fraction of sp³-hybridized carbons (Fsp3) is 0.625. The molecule has 2 N–H and O–H groups in total. The molecule has 1 saturated carbocycles. The molecular formula is C16H25NO. The third-order valence-corrected chi connectivity index (χ3v) is 4.24. The first-order valence-electron chi connectivity index (χ1n) is 7.02. The van der Waals surface area contributed by atoms with Gasteiger partial charge in [-0.05, 0) is 30.2 Å². The van der Waals surface area contributed by atoms with Crippen LogP contribution in [0, 0.1) is 5.41 Å². The highest BCUT2D eigenvalue weighted by Crippen LogP contribution is 2.37. The van der Waals surface area contributed by atoms with Gasteiger partial charge in [0.05, 0.1) is 6.61 Å². The van der Waals surface area contributed by atoms with Crippen molar-refractivity contribution in [3.05, 3.63) is 35.9 Å². The zero-order chi connectivity index (χ0) is 13.0. The Balaban J connectivity index is 1.94. The molecule has 0 amide bonds. The van der Waals surface area contributed by atoms with Crippen LogP contribution in [0.3, 0.4) is 0 Å². The van der Waals surface area contributed by atoms with Crippen LogP contribution < -0.4 is 5.32 Å². The Bertz CT molecular complexity index is 361. The first-order valence-corrected chi connectivity index (χ1v) is 7.02. The molecule has 1 aliphatic rings. The molecule has 0 spiro atoms. The lowest BCUT2D eigenvalue weighted by Crippen LogP contribution is -2.46. The molecule has 1 fully saturated rings. The number of aliphatic hydroxyl groups excluding tert-OH is 1. The van der Waals surface area contributed by atoms with Gasteiger partial charge in [0.15, 0.2) is 0 Å². The maximum atomic E-state index is 9.56.